The van der Waals surface area contributed by atoms with Crippen LogP contribution in [0.15, 0.2) is 78.9 Å². The third-order valence-electron chi connectivity index (χ3n) is 4.57. The van der Waals surface area contributed by atoms with Gasteiger partial charge in [0.2, 0.25) is 5.91 Å². The standard InChI is InChI=1S/C21H15Cl2NO/c22-16-8-6-15(7-9-16)20-19(14-4-2-1-3-5-14)21(25)24(20)18-12-10-17(23)11-13-18/h1-13,19-20H. The number of benzene rings is 3. The van der Waals surface area contributed by atoms with Crippen LogP contribution in [0.2, 0.25) is 10.0 Å². The van der Waals surface area contributed by atoms with Crippen molar-refractivity contribution in [2.45, 2.75) is 12.0 Å². The molecule has 4 rings (SSSR count). The molecule has 1 saturated heterocycles. The molecule has 1 aliphatic rings. The summed E-state index contributed by atoms with van der Waals surface area (Å²) >= 11 is 12.0. The average Bonchev–Trinajstić information content (AvgIpc) is 2.63. The molecule has 2 nitrogen and oxygen atoms in total. The van der Waals surface area contributed by atoms with Crippen molar-refractivity contribution in [3.05, 3.63) is 100 Å². The average molecular weight is 368 g/mol. The van der Waals surface area contributed by atoms with Crippen molar-refractivity contribution in [1.29, 1.82) is 0 Å². The first kappa shape index (κ1) is 16.2. The fraction of sp³-hybridized carbons (Fsp3) is 0.0952. The third-order valence-corrected chi connectivity index (χ3v) is 5.08. The molecule has 0 bridgehead atoms. The predicted molar refractivity (Wildman–Crippen MR) is 102 cm³/mol. The first-order valence-electron chi connectivity index (χ1n) is 8.04. The van der Waals surface area contributed by atoms with Gasteiger partial charge in [0.1, 0.15) is 0 Å². The van der Waals surface area contributed by atoms with Crippen molar-refractivity contribution in [3.63, 3.8) is 0 Å². The molecule has 2 unspecified atom stereocenters. The largest absolute Gasteiger partial charge is 0.303 e. The fourth-order valence-corrected chi connectivity index (χ4v) is 3.62. The zero-order valence-corrected chi connectivity index (χ0v) is 14.8. The van der Waals surface area contributed by atoms with Crippen LogP contribution in [-0.4, -0.2) is 5.91 Å². The van der Waals surface area contributed by atoms with Gasteiger partial charge in [-0.1, -0.05) is 65.7 Å². The highest BCUT2D eigenvalue weighted by molar-refractivity contribution is 6.31. The summed E-state index contributed by atoms with van der Waals surface area (Å²) in [6.45, 7) is 0. The molecule has 124 valence electrons. The molecule has 0 spiro atoms. The summed E-state index contributed by atoms with van der Waals surface area (Å²) < 4.78 is 0. The summed E-state index contributed by atoms with van der Waals surface area (Å²) in [5, 5.41) is 1.34. The summed E-state index contributed by atoms with van der Waals surface area (Å²) in [7, 11) is 0. The topological polar surface area (TPSA) is 20.3 Å². The predicted octanol–water partition coefficient (Wildman–Crippen LogP) is 5.87. The van der Waals surface area contributed by atoms with Gasteiger partial charge in [0, 0.05) is 15.7 Å². The zero-order chi connectivity index (χ0) is 17.4. The van der Waals surface area contributed by atoms with E-state index in [2.05, 4.69) is 0 Å². The Morgan fingerprint density at radius 2 is 1.24 bits per heavy atom. The molecule has 0 N–H and O–H groups in total. The van der Waals surface area contributed by atoms with E-state index in [0.29, 0.717) is 10.0 Å². The van der Waals surface area contributed by atoms with Gasteiger partial charge in [0.25, 0.3) is 0 Å². The molecule has 0 aromatic heterocycles. The van der Waals surface area contributed by atoms with Crippen molar-refractivity contribution in [2.75, 3.05) is 4.90 Å². The Morgan fingerprint density at radius 3 is 1.84 bits per heavy atom. The van der Waals surface area contributed by atoms with Crippen molar-refractivity contribution >= 4 is 34.8 Å². The van der Waals surface area contributed by atoms with Gasteiger partial charge in [-0.25, -0.2) is 0 Å². The highest BCUT2D eigenvalue weighted by Gasteiger charge is 2.49. The van der Waals surface area contributed by atoms with Crippen LogP contribution in [0, 0.1) is 0 Å². The second kappa shape index (κ2) is 6.55. The zero-order valence-electron chi connectivity index (χ0n) is 13.3. The molecule has 0 radical (unpaired) electrons. The highest BCUT2D eigenvalue weighted by atomic mass is 35.5. The molecule has 25 heavy (non-hydrogen) atoms. The van der Waals surface area contributed by atoms with Crippen molar-refractivity contribution in [3.8, 4) is 0 Å². The Balaban J connectivity index is 1.77. The smallest absolute Gasteiger partial charge is 0.237 e. The van der Waals surface area contributed by atoms with Gasteiger partial charge in [0.05, 0.1) is 12.0 Å². The van der Waals surface area contributed by atoms with E-state index in [1.54, 1.807) is 12.1 Å². The molecule has 1 amide bonds. The molecular formula is C21H15Cl2NO. The minimum Gasteiger partial charge on any atom is -0.303 e. The molecular weight excluding hydrogens is 353 g/mol. The van der Waals surface area contributed by atoms with Crippen LogP contribution in [0.1, 0.15) is 23.1 Å². The number of anilines is 1. The molecule has 3 aromatic rings. The molecule has 2 atom stereocenters. The number of hydrogen-bond donors (Lipinski definition) is 0. The lowest BCUT2D eigenvalue weighted by Gasteiger charge is -2.47. The minimum absolute atomic E-state index is 0.0617. The Kier molecular flexibility index (Phi) is 4.24. The summed E-state index contributed by atoms with van der Waals surface area (Å²) in [5.41, 5.74) is 2.94. The molecule has 3 aromatic carbocycles. The SMILES string of the molecule is O=C1C(c2ccccc2)C(c2ccc(Cl)cc2)N1c1ccc(Cl)cc1. The van der Waals surface area contributed by atoms with Crippen LogP contribution in [-0.2, 0) is 4.79 Å². The van der Waals surface area contributed by atoms with E-state index in [0.717, 1.165) is 16.8 Å². The summed E-state index contributed by atoms with van der Waals surface area (Å²) in [4.78, 5) is 14.8. The normalized spacial score (nSPS) is 19.6. The van der Waals surface area contributed by atoms with Crippen molar-refractivity contribution < 1.29 is 4.79 Å². The van der Waals surface area contributed by atoms with Gasteiger partial charge < -0.3 is 4.90 Å². The number of nitrogens with zero attached hydrogens (tertiary/aromatic N) is 1. The van der Waals surface area contributed by atoms with E-state index in [9.17, 15) is 4.79 Å². The third kappa shape index (κ3) is 2.92. The van der Waals surface area contributed by atoms with Crippen LogP contribution >= 0.6 is 23.2 Å². The number of carbonyl (C=O) groups is 1. The maximum absolute atomic E-state index is 13.0. The minimum atomic E-state index is -0.196. The van der Waals surface area contributed by atoms with Crippen LogP contribution < -0.4 is 4.90 Å². The summed E-state index contributed by atoms with van der Waals surface area (Å²) in [6, 6.07) is 24.9. The Labute approximate surface area is 156 Å². The number of carbonyl (C=O) groups excluding carboxylic acids is 1. The fourth-order valence-electron chi connectivity index (χ4n) is 3.37. The summed E-state index contributed by atoms with van der Waals surface area (Å²) in [6.07, 6.45) is 0. The van der Waals surface area contributed by atoms with Gasteiger partial charge in [0.15, 0.2) is 0 Å². The van der Waals surface area contributed by atoms with Gasteiger partial charge in [-0.05, 0) is 47.5 Å². The first-order valence-corrected chi connectivity index (χ1v) is 8.80. The van der Waals surface area contributed by atoms with E-state index < -0.39 is 0 Å². The van der Waals surface area contributed by atoms with E-state index in [4.69, 9.17) is 23.2 Å². The quantitative estimate of drug-likeness (QED) is 0.530. The molecule has 0 saturated carbocycles. The lowest BCUT2D eigenvalue weighted by Crippen LogP contribution is -2.53. The van der Waals surface area contributed by atoms with E-state index in [1.807, 2.05) is 71.6 Å². The second-order valence-electron chi connectivity index (χ2n) is 6.07. The first-order chi connectivity index (χ1) is 12.1. The highest BCUT2D eigenvalue weighted by Crippen LogP contribution is 2.49. The van der Waals surface area contributed by atoms with Crippen molar-refractivity contribution in [2.24, 2.45) is 0 Å². The maximum Gasteiger partial charge on any atom is 0.237 e. The number of amides is 1. The Hall–Kier alpha value is -2.29. The second-order valence-corrected chi connectivity index (χ2v) is 6.94. The van der Waals surface area contributed by atoms with Gasteiger partial charge in [-0.2, -0.15) is 0 Å². The number of hydrogen-bond acceptors (Lipinski definition) is 1. The van der Waals surface area contributed by atoms with E-state index in [1.165, 1.54) is 0 Å². The number of halogens is 2. The molecule has 0 aliphatic carbocycles. The lowest BCUT2D eigenvalue weighted by molar-refractivity contribution is -0.126. The number of β-lactam (4-membered cyclic amide) rings is 1. The molecule has 4 heteroatoms. The van der Waals surface area contributed by atoms with Gasteiger partial charge in [-0.15, -0.1) is 0 Å². The maximum atomic E-state index is 13.0. The van der Waals surface area contributed by atoms with Crippen molar-refractivity contribution in [1.82, 2.24) is 0 Å². The van der Waals surface area contributed by atoms with E-state index in [-0.39, 0.29) is 17.9 Å². The van der Waals surface area contributed by atoms with Gasteiger partial charge >= 0.3 is 0 Å². The van der Waals surface area contributed by atoms with Crippen LogP contribution in [0.5, 0.6) is 0 Å². The van der Waals surface area contributed by atoms with Crippen LogP contribution in [0.4, 0.5) is 5.69 Å². The van der Waals surface area contributed by atoms with Gasteiger partial charge in [-0.3, -0.25) is 4.79 Å². The molecule has 1 aliphatic heterocycles. The molecule has 1 fully saturated rings. The van der Waals surface area contributed by atoms with Crippen LogP contribution in [0.25, 0.3) is 0 Å². The Morgan fingerprint density at radius 1 is 0.680 bits per heavy atom. The number of rotatable bonds is 3. The molecule has 1 heterocycles. The summed E-state index contributed by atoms with van der Waals surface area (Å²) in [5.74, 6) is -0.105. The Bertz CT molecular complexity index is 891. The van der Waals surface area contributed by atoms with Crippen LogP contribution in [0.3, 0.4) is 0 Å². The monoisotopic (exact) mass is 367 g/mol. The van der Waals surface area contributed by atoms with E-state index >= 15 is 0 Å². The lowest BCUT2D eigenvalue weighted by atomic mass is 9.77.